The lowest BCUT2D eigenvalue weighted by Crippen LogP contribution is -2.13. The van der Waals surface area contributed by atoms with Crippen LogP contribution in [0.25, 0.3) is 0 Å². The minimum absolute atomic E-state index is 0.0696. The molecule has 0 saturated carbocycles. The predicted molar refractivity (Wildman–Crippen MR) is 52.0 cm³/mol. The number of anilines is 1. The van der Waals surface area contributed by atoms with Gasteiger partial charge in [-0.25, -0.2) is 13.2 Å². The number of hydrogen-bond acceptors (Lipinski definition) is 5. The van der Waals surface area contributed by atoms with Crippen molar-refractivity contribution in [2.24, 2.45) is 0 Å². The number of carbonyl (C=O) groups is 1. The quantitative estimate of drug-likeness (QED) is 0.833. The Kier molecular flexibility index (Phi) is 3.00. The molecule has 0 fully saturated rings. The molecule has 5 nitrogen and oxygen atoms in total. The number of benzene rings is 1. The highest BCUT2D eigenvalue weighted by Gasteiger charge is 2.15. The molecule has 1 N–H and O–H groups in total. The summed E-state index contributed by atoms with van der Waals surface area (Å²) in [5.41, 5.74) is -0.364. The van der Waals surface area contributed by atoms with Gasteiger partial charge >= 0.3 is 0 Å². The van der Waals surface area contributed by atoms with E-state index in [0.29, 0.717) is 12.1 Å². The smallest absolute Gasteiger partial charge is 0.257 e. The van der Waals surface area contributed by atoms with Crippen molar-refractivity contribution >= 4 is 22.6 Å². The Morgan fingerprint density at radius 3 is 2.41 bits per heavy atom. The van der Waals surface area contributed by atoms with Crippen molar-refractivity contribution in [2.75, 3.05) is 5.32 Å². The number of carbonyl (C=O) groups excluding carboxylic acids is 1. The zero-order valence-electron chi connectivity index (χ0n) is 7.95. The summed E-state index contributed by atoms with van der Waals surface area (Å²) >= 11 is 0.792. The Hall–Kier alpha value is -2.03. The third kappa shape index (κ3) is 2.38. The molecule has 1 aromatic heterocycles. The summed E-state index contributed by atoms with van der Waals surface area (Å²) in [5.74, 6) is -5.34. The van der Waals surface area contributed by atoms with E-state index in [-0.39, 0.29) is 10.7 Å². The fourth-order valence-electron chi connectivity index (χ4n) is 1.04. The largest absolute Gasteiger partial charge is 0.295 e. The summed E-state index contributed by atoms with van der Waals surface area (Å²) in [7, 11) is 0. The molecule has 0 unspecified atom stereocenters. The first kappa shape index (κ1) is 11.5. The van der Waals surface area contributed by atoms with E-state index in [1.54, 1.807) is 0 Å². The Bertz CT molecular complexity index is 537. The molecule has 2 rings (SSSR count). The van der Waals surface area contributed by atoms with Crippen molar-refractivity contribution in [1.29, 1.82) is 0 Å². The molecule has 0 aliphatic heterocycles. The van der Waals surface area contributed by atoms with Gasteiger partial charge in [-0.3, -0.25) is 10.1 Å². The molecule has 0 radical (unpaired) electrons. The van der Waals surface area contributed by atoms with Crippen LogP contribution >= 0.6 is 11.5 Å². The second-order valence-corrected chi connectivity index (χ2v) is 3.61. The first-order valence-electron chi connectivity index (χ1n) is 4.19. The first-order chi connectivity index (χ1) is 8.08. The molecule has 0 bridgehead atoms. The second-order valence-electron chi connectivity index (χ2n) is 2.88. The van der Waals surface area contributed by atoms with Gasteiger partial charge in [-0.2, -0.15) is 0 Å². The van der Waals surface area contributed by atoms with Crippen LogP contribution in [0.15, 0.2) is 12.1 Å². The molecule has 1 amide bonds. The maximum absolute atomic E-state index is 12.8. The third-order valence-corrected chi connectivity index (χ3v) is 2.28. The summed E-state index contributed by atoms with van der Waals surface area (Å²) in [6, 6.07) is 1.17. The van der Waals surface area contributed by atoms with Crippen LogP contribution in [0.4, 0.5) is 18.3 Å². The Labute approximate surface area is 96.4 Å². The average molecular weight is 260 g/mol. The fraction of sp³-hybridized carbons (Fsp3) is 0. The standard InChI is InChI=1S/C8H3F3N4OS/c9-4-1-3(2-5(10)6(4)11)7(16)12-8-13-14-15-17-8/h1-2H,(H,12,13,15,16). The van der Waals surface area contributed by atoms with Crippen molar-refractivity contribution in [3.8, 4) is 0 Å². The lowest BCUT2D eigenvalue weighted by atomic mass is 10.2. The van der Waals surface area contributed by atoms with Gasteiger partial charge in [-0.15, -0.1) is 0 Å². The number of nitrogens with zero attached hydrogens (tertiary/aromatic N) is 3. The van der Waals surface area contributed by atoms with Gasteiger partial charge in [-0.1, -0.05) is 9.59 Å². The van der Waals surface area contributed by atoms with Gasteiger partial charge in [0.25, 0.3) is 5.91 Å². The SMILES string of the molecule is O=C(Nc1nnns1)c1cc(F)c(F)c(F)c1. The van der Waals surface area contributed by atoms with Gasteiger partial charge in [0.05, 0.1) is 0 Å². The van der Waals surface area contributed by atoms with E-state index in [0.717, 1.165) is 11.5 Å². The molecule has 1 heterocycles. The van der Waals surface area contributed by atoms with Crippen LogP contribution in [0.3, 0.4) is 0 Å². The normalized spacial score (nSPS) is 10.3. The zero-order chi connectivity index (χ0) is 12.4. The van der Waals surface area contributed by atoms with Crippen molar-refractivity contribution in [3.05, 3.63) is 35.1 Å². The van der Waals surface area contributed by atoms with Crippen molar-refractivity contribution in [3.63, 3.8) is 0 Å². The van der Waals surface area contributed by atoms with Crippen LogP contribution in [0.1, 0.15) is 10.4 Å². The zero-order valence-corrected chi connectivity index (χ0v) is 8.76. The number of aromatic nitrogens is 3. The van der Waals surface area contributed by atoms with Crippen molar-refractivity contribution in [1.82, 2.24) is 14.8 Å². The fourth-order valence-corrected chi connectivity index (χ4v) is 1.40. The van der Waals surface area contributed by atoms with Gasteiger partial charge in [0.1, 0.15) is 0 Å². The van der Waals surface area contributed by atoms with E-state index in [2.05, 4.69) is 20.1 Å². The Morgan fingerprint density at radius 2 is 1.88 bits per heavy atom. The summed E-state index contributed by atoms with van der Waals surface area (Å²) in [6.07, 6.45) is 0. The molecule has 17 heavy (non-hydrogen) atoms. The van der Waals surface area contributed by atoms with Crippen molar-refractivity contribution in [2.45, 2.75) is 0 Å². The predicted octanol–water partition coefficient (Wildman–Crippen LogP) is 1.60. The first-order valence-corrected chi connectivity index (χ1v) is 4.96. The van der Waals surface area contributed by atoms with E-state index in [1.165, 1.54) is 0 Å². The highest BCUT2D eigenvalue weighted by atomic mass is 32.1. The number of halogens is 3. The number of nitrogens with one attached hydrogen (secondary N) is 1. The van der Waals surface area contributed by atoms with E-state index in [1.807, 2.05) is 0 Å². The second kappa shape index (κ2) is 4.45. The lowest BCUT2D eigenvalue weighted by Gasteiger charge is -2.02. The maximum Gasteiger partial charge on any atom is 0.257 e. The minimum atomic E-state index is -1.63. The number of rotatable bonds is 2. The van der Waals surface area contributed by atoms with E-state index in [9.17, 15) is 18.0 Å². The summed E-state index contributed by atoms with van der Waals surface area (Å²) < 4.78 is 41.7. The Morgan fingerprint density at radius 1 is 1.24 bits per heavy atom. The van der Waals surface area contributed by atoms with Crippen LogP contribution in [-0.2, 0) is 0 Å². The highest BCUT2D eigenvalue weighted by molar-refractivity contribution is 7.09. The van der Waals surface area contributed by atoms with Gasteiger partial charge in [0, 0.05) is 17.1 Å². The summed E-state index contributed by atoms with van der Waals surface area (Å²) in [5, 5.41) is 8.89. The molecule has 0 aliphatic carbocycles. The third-order valence-electron chi connectivity index (χ3n) is 1.77. The van der Waals surface area contributed by atoms with E-state index < -0.39 is 23.4 Å². The van der Waals surface area contributed by atoms with Crippen molar-refractivity contribution < 1.29 is 18.0 Å². The minimum Gasteiger partial charge on any atom is -0.295 e. The van der Waals surface area contributed by atoms with E-state index >= 15 is 0 Å². The van der Waals surface area contributed by atoms with Crippen LogP contribution < -0.4 is 5.32 Å². The molecule has 0 aliphatic rings. The Balaban J connectivity index is 2.26. The van der Waals surface area contributed by atoms with Crippen LogP contribution in [0.5, 0.6) is 0 Å². The molecule has 1 aromatic carbocycles. The highest BCUT2D eigenvalue weighted by Crippen LogP contribution is 2.15. The summed E-state index contributed by atoms with van der Waals surface area (Å²) in [4.78, 5) is 11.5. The van der Waals surface area contributed by atoms with Crippen LogP contribution in [-0.4, -0.2) is 20.7 Å². The lowest BCUT2D eigenvalue weighted by molar-refractivity contribution is 0.102. The molecule has 0 saturated heterocycles. The summed E-state index contributed by atoms with van der Waals surface area (Å²) in [6.45, 7) is 0. The molecule has 2 aromatic rings. The monoisotopic (exact) mass is 260 g/mol. The number of hydrogen-bond donors (Lipinski definition) is 1. The van der Waals surface area contributed by atoms with Crippen LogP contribution in [0, 0.1) is 17.5 Å². The van der Waals surface area contributed by atoms with Gasteiger partial charge in [0.15, 0.2) is 17.5 Å². The van der Waals surface area contributed by atoms with Gasteiger partial charge in [-0.05, 0) is 17.3 Å². The topological polar surface area (TPSA) is 67.8 Å². The molecule has 0 atom stereocenters. The van der Waals surface area contributed by atoms with Gasteiger partial charge in [0.2, 0.25) is 5.13 Å². The molecule has 0 spiro atoms. The molecule has 88 valence electrons. The molecular weight excluding hydrogens is 257 g/mol. The maximum atomic E-state index is 12.8. The van der Waals surface area contributed by atoms with Gasteiger partial charge < -0.3 is 0 Å². The van der Waals surface area contributed by atoms with E-state index in [4.69, 9.17) is 0 Å². The molecular formula is C8H3F3N4OS. The molecule has 9 heteroatoms. The average Bonchev–Trinajstić information content (AvgIpc) is 2.77. The number of amides is 1. The van der Waals surface area contributed by atoms with Crippen LogP contribution in [0.2, 0.25) is 0 Å².